The molecule has 1 atom stereocenters. The lowest BCUT2D eigenvalue weighted by molar-refractivity contribution is -0.0247. The van der Waals surface area contributed by atoms with Crippen LogP contribution in [0.15, 0.2) is 60.8 Å². The van der Waals surface area contributed by atoms with E-state index in [-0.39, 0.29) is 12.0 Å². The maximum Gasteiger partial charge on any atom is 0.254 e. The second kappa shape index (κ2) is 8.81. The van der Waals surface area contributed by atoms with Crippen LogP contribution in [0.5, 0.6) is 0 Å². The van der Waals surface area contributed by atoms with Gasteiger partial charge in [-0.05, 0) is 55.7 Å². The van der Waals surface area contributed by atoms with Crippen LogP contribution in [0.25, 0.3) is 10.2 Å². The topological polar surface area (TPSA) is 55.3 Å². The Bertz CT molecular complexity index is 1250. The standard InChI is InChI=1S/C26H25N3O2S/c1-17-3-5-19(6-4-17)13-20-7-9-22(27-15-20)24-16-29(11-12-31-24)26(30)21-8-10-23-25(14-21)32-18(2)28-23/h3-10,14-15,24H,11-13,16H2,1-2H3. The number of rotatable bonds is 4. The molecule has 1 saturated heterocycles. The van der Waals surface area contributed by atoms with Crippen molar-refractivity contribution in [1.82, 2.24) is 14.9 Å². The van der Waals surface area contributed by atoms with E-state index in [0.717, 1.165) is 32.9 Å². The van der Waals surface area contributed by atoms with Crippen molar-refractivity contribution in [3.63, 3.8) is 0 Å². The van der Waals surface area contributed by atoms with E-state index in [2.05, 4.69) is 47.2 Å². The summed E-state index contributed by atoms with van der Waals surface area (Å²) in [7, 11) is 0. The molecule has 1 fully saturated rings. The van der Waals surface area contributed by atoms with Gasteiger partial charge in [-0.25, -0.2) is 4.98 Å². The maximum atomic E-state index is 13.1. The summed E-state index contributed by atoms with van der Waals surface area (Å²) in [6.07, 6.45) is 2.55. The van der Waals surface area contributed by atoms with Gasteiger partial charge in [-0.15, -0.1) is 11.3 Å². The zero-order valence-electron chi connectivity index (χ0n) is 18.2. The predicted molar refractivity (Wildman–Crippen MR) is 127 cm³/mol. The number of pyridine rings is 1. The molecule has 0 bridgehead atoms. The number of aromatic nitrogens is 2. The molecule has 6 heteroatoms. The van der Waals surface area contributed by atoms with Crippen LogP contribution in [0.2, 0.25) is 0 Å². The number of hydrogen-bond acceptors (Lipinski definition) is 5. The number of carbonyl (C=O) groups excluding carboxylic acids is 1. The molecule has 0 spiro atoms. The highest BCUT2D eigenvalue weighted by atomic mass is 32.1. The Morgan fingerprint density at radius 1 is 1.09 bits per heavy atom. The lowest BCUT2D eigenvalue weighted by Gasteiger charge is -2.32. The van der Waals surface area contributed by atoms with E-state index in [1.54, 1.807) is 11.3 Å². The monoisotopic (exact) mass is 443 g/mol. The fourth-order valence-electron chi connectivity index (χ4n) is 4.04. The van der Waals surface area contributed by atoms with Gasteiger partial charge >= 0.3 is 0 Å². The van der Waals surface area contributed by atoms with Crippen LogP contribution >= 0.6 is 11.3 Å². The number of thiazole rings is 1. The summed E-state index contributed by atoms with van der Waals surface area (Å²) >= 11 is 1.61. The SMILES string of the molecule is Cc1ccc(Cc2ccc(C3CN(C(=O)c4ccc5nc(C)sc5c4)CCO3)nc2)cc1. The van der Waals surface area contributed by atoms with Crippen molar-refractivity contribution >= 4 is 27.5 Å². The lowest BCUT2D eigenvalue weighted by atomic mass is 10.0. The van der Waals surface area contributed by atoms with Gasteiger partial charge in [0.2, 0.25) is 0 Å². The van der Waals surface area contributed by atoms with Crippen LogP contribution in [-0.2, 0) is 11.2 Å². The Morgan fingerprint density at radius 3 is 2.69 bits per heavy atom. The third kappa shape index (κ3) is 4.42. The molecule has 1 unspecified atom stereocenters. The highest BCUT2D eigenvalue weighted by Gasteiger charge is 2.27. The first-order chi connectivity index (χ1) is 15.5. The van der Waals surface area contributed by atoms with Gasteiger partial charge in [-0.2, -0.15) is 0 Å². The van der Waals surface area contributed by atoms with Gasteiger partial charge in [-0.1, -0.05) is 35.9 Å². The first-order valence-electron chi connectivity index (χ1n) is 10.8. The average molecular weight is 444 g/mol. The highest BCUT2D eigenvalue weighted by molar-refractivity contribution is 7.18. The minimum atomic E-state index is -0.212. The molecule has 0 saturated carbocycles. The largest absolute Gasteiger partial charge is 0.368 e. The van der Waals surface area contributed by atoms with Crippen LogP contribution in [0, 0.1) is 13.8 Å². The van der Waals surface area contributed by atoms with E-state index in [1.165, 1.54) is 11.1 Å². The molecule has 0 N–H and O–H groups in total. The van der Waals surface area contributed by atoms with Crippen molar-refractivity contribution in [2.45, 2.75) is 26.4 Å². The molecule has 3 heterocycles. The summed E-state index contributed by atoms with van der Waals surface area (Å²) in [5.41, 5.74) is 6.20. The quantitative estimate of drug-likeness (QED) is 0.440. The first-order valence-corrected chi connectivity index (χ1v) is 11.7. The summed E-state index contributed by atoms with van der Waals surface area (Å²) in [6, 6.07) is 18.4. The molecule has 5 rings (SSSR count). The van der Waals surface area contributed by atoms with Gasteiger partial charge in [0.05, 0.1) is 34.1 Å². The van der Waals surface area contributed by atoms with E-state index in [0.29, 0.717) is 25.3 Å². The van der Waals surface area contributed by atoms with Gasteiger partial charge in [0, 0.05) is 18.3 Å². The molecule has 32 heavy (non-hydrogen) atoms. The highest BCUT2D eigenvalue weighted by Crippen LogP contribution is 2.26. The fraction of sp³-hybridized carbons (Fsp3) is 0.269. The Kier molecular flexibility index (Phi) is 5.72. The molecule has 162 valence electrons. The fourth-order valence-corrected chi connectivity index (χ4v) is 4.91. The summed E-state index contributed by atoms with van der Waals surface area (Å²) < 4.78 is 7.01. The molecule has 4 aromatic rings. The number of nitrogens with zero attached hydrogens (tertiary/aromatic N) is 3. The van der Waals surface area contributed by atoms with E-state index in [4.69, 9.17) is 4.74 Å². The number of morpholine rings is 1. The van der Waals surface area contributed by atoms with Gasteiger partial charge in [0.15, 0.2) is 0 Å². The zero-order chi connectivity index (χ0) is 22.1. The van der Waals surface area contributed by atoms with Crippen LogP contribution in [0.1, 0.15) is 43.9 Å². The zero-order valence-corrected chi connectivity index (χ0v) is 19.1. The molecule has 0 aliphatic carbocycles. The number of amides is 1. The smallest absolute Gasteiger partial charge is 0.254 e. The van der Waals surface area contributed by atoms with Crippen LogP contribution in [0.3, 0.4) is 0 Å². The molecule has 0 radical (unpaired) electrons. The summed E-state index contributed by atoms with van der Waals surface area (Å²) in [5, 5.41) is 1.01. The van der Waals surface area contributed by atoms with Crippen molar-refractivity contribution in [1.29, 1.82) is 0 Å². The van der Waals surface area contributed by atoms with Crippen molar-refractivity contribution in [2.75, 3.05) is 19.7 Å². The average Bonchev–Trinajstić information content (AvgIpc) is 3.20. The van der Waals surface area contributed by atoms with Crippen LogP contribution in [0.4, 0.5) is 0 Å². The second-order valence-electron chi connectivity index (χ2n) is 8.28. The Balaban J connectivity index is 1.27. The maximum absolute atomic E-state index is 13.1. The van der Waals surface area contributed by atoms with Gasteiger partial charge in [0.25, 0.3) is 5.91 Å². The Morgan fingerprint density at radius 2 is 1.91 bits per heavy atom. The normalized spacial score (nSPS) is 16.4. The summed E-state index contributed by atoms with van der Waals surface area (Å²) in [4.78, 5) is 24.1. The number of carbonyl (C=O) groups is 1. The number of ether oxygens (including phenoxy) is 1. The minimum Gasteiger partial charge on any atom is -0.368 e. The summed E-state index contributed by atoms with van der Waals surface area (Å²) in [5.74, 6) is 0.0299. The van der Waals surface area contributed by atoms with Crippen molar-refractivity contribution in [3.8, 4) is 0 Å². The lowest BCUT2D eigenvalue weighted by Crippen LogP contribution is -2.42. The van der Waals surface area contributed by atoms with E-state index >= 15 is 0 Å². The van der Waals surface area contributed by atoms with E-state index < -0.39 is 0 Å². The Labute approximate surface area is 191 Å². The van der Waals surface area contributed by atoms with E-state index in [1.807, 2.05) is 42.3 Å². The number of hydrogen-bond donors (Lipinski definition) is 0. The van der Waals surface area contributed by atoms with Gasteiger partial charge in [-0.3, -0.25) is 9.78 Å². The third-order valence-electron chi connectivity index (χ3n) is 5.80. The molecular weight excluding hydrogens is 418 g/mol. The molecule has 2 aromatic carbocycles. The van der Waals surface area contributed by atoms with E-state index in [9.17, 15) is 4.79 Å². The van der Waals surface area contributed by atoms with Crippen LogP contribution < -0.4 is 0 Å². The van der Waals surface area contributed by atoms with Crippen LogP contribution in [-0.4, -0.2) is 40.5 Å². The van der Waals surface area contributed by atoms with Crippen molar-refractivity contribution in [2.24, 2.45) is 0 Å². The second-order valence-corrected chi connectivity index (χ2v) is 9.51. The Hall–Kier alpha value is -3.09. The predicted octanol–water partition coefficient (Wildman–Crippen LogP) is 5.11. The molecule has 1 aliphatic heterocycles. The first kappa shape index (κ1) is 20.8. The van der Waals surface area contributed by atoms with Crippen molar-refractivity contribution in [3.05, 3.63) is 93.7 Å². The summed E-state index contributed by atoms with van der Waals surface area (Å²) in [6.45, 7) is 5.67. The minimum absolute atomic E-state index is 0.0299. The van der Waals surface area contributed by atoms with Gasteiger partial charge in [0.1, 0.15) is 6.10 Å². The van der Waals surface area contributed by atoms with Crippen molar-refractivity contribution < 1.29 is 9.53 Å². The number of fused-ring (bicyclic) bond motifs is 1. The molecule has 1 aliphatic rings. The third-order valence-corrected chi connectivity index (χ3v) is 6.74. The number of aryl methyl sites for hydroxylation is 2. The number of benzene rings is 2. The molecule has 5 nitrogen and oxygen atoms in total. The van der Waals surface area contributed by atoms with Gasteiger partial charge < -0.3 is 9.64 Å². The molecule has 1 amide bonds. The molecule has 2 aromatic heterocycles. The molecular formula is C26H25N3O2S.